The van der Waals surface area contributed by atoms with E-state index in [0.717, 1.165) is 12.2 Å². The summed E-state index contributed by atoms with van der Waals surface area (Å²) in [5.41, 5.74) is 6.43. The van der Waals surface area contributed by atoms with Gasteiger partial charge in [0, 0.05) is 25.4 Å². The molecule has 0 saturated carbocycles. The van der Waals surface area contributed by atoms with Crippen molar-refractivity contribution < 1.29 is 0 Å². The third-order valence-electron chi connectivity index (χ3n) is 4.97. The molecule has 1 atom stereocenters. The molecule has 0 bridgehead atoms. The van der Waals surface area contributed by atoms with Crippen LogP contribution in [0.5, 0.6) is 0 Å². The maximum atomic E-state index is 4.64. The first-order valence-corrected chi connectivity index (χ1v) is 7.98. The number of nitrogens with zero attached hydrogens (tertiary/aromatic N) is 3. The summed E-state index contributed by atoms with van der Waals surface area (Å²) >= 11 is 0. The average Bonchev–Trinajstić information content (AvgIpc) is 3.12. The van der Waals surface area contributed by atoms with E-state index in [2.05, 4.69) is 76.4 Å². The van der Waals surface area contributed by atoms with E-state index in [1.807, 2.05) is 12.3 Å². The third kappa shape index (κ3) is 1.73. The largest absolute Gasteiger partial charge is 0.351 e. The number of likely N-dealkylation sites (N-methyl/N-ethyl adjacent to an activating group) is 1. The molecule has 2 aliphatic heterocycles. The molecular weight excluding hydrogens is 282 g/mol. The molecule has 3 heteroatoms. The van der Waals surface area contributed by atoms with E-state index in [-0.39, 0.29) is 0 Å². The summed E-state index contributed by atoms with van der Waals surface area (Å²) in [6.07, 6.45) is 3.27. The van der Waals surface area contributed by atoms with Crippen LogP contribution in [-0.4, -0.2) is 18.2 Å². The molecule has 3 nitrogen and oxygen atoms in total. The molecule has 5 rings (SSSR count). The van der Waals surface area contributed by atoms with Crippen molar-refractivity contribution >= 4 is 17.2 Å². The Morgan fingerprint density at radius 3 is 2.65 bits per heavy atom. The number of aromatic nitrogens is 1. The van der Waals surface area contributed by atoms with Crippen molar-refractivity contribution in [1.29, 1.82) is 0 Å². The second kappa shape index (κ2) is 4.59. The van der Waals surface area contributed by atoms with Crippen LogP contribution in [0, 0.1) is 0 Å². The number of pyridine rings is 1. The Balaban J connectivity index is 1.66. The van der Waals surface area contributed by atoms with Gasteiger partial charge >= 0.3 is 0 Å². The summed E-state index contributed by atoms with van der Waals surface area (Å²) in [6.45, 7) is 0. The molecule has 0 spiro atoms. The summed E-state index contributed by atoms with van der Waals surface area (Å²) in [5.74, 6) is 1.07. The Kier molecular flexibility index (Phi) is 2.54. The van der Waals surface area contributed by atoms with Gasteiger partial charge in [0.1, 0.15) is 6.17 Å². The van der Waals surface area contributed by atoms with Gasteiger partial charge in [-0.2, -0.15) is 0 Å². The molecule has 112 valence electrons. The minimum Gasteiger partial charge on any atom is -0.351 e. The number of benzene rings is 2. The van der Waals surface area contributed by atoms with Crippen LogP contribution in [-0.2, 0) is 6.42 Å². The normalized spacial score (nSPS) is 17.9. The molecule has 1 unspecified atom stereocenters. The van der Waals surface area contributed by atoms with E-state index in [4.69, 9.17) is 0 Å². The number of rotatable bonds is 1. The fourth-order valence-corrected chi connectivity index (χ4v) is 3.79. The van der Waals surface area contributed by atoms with Gasteiger partial charge in [-0.05, 0) is 34.9 Å². The third-order valence-corrected chi connectivity index (χ3v) is 4.97. The highest BCUT2D eigenvalue weighted by Crippen LogP contribution is 2.48. The van der Waals surface area contributed by atoms with Crippen molar-refractivity contribution in [1.82, 2.24) is 4.98 Å². The van der Waals surface area contributed by atoms with Crippen molar-refractivity contribution in [2.24, 2.45) is 0 Å². The molecule has 3 aromatic rings. The number of anilines is 3. The standard InChI is InChI=1S/C20H17N3/c1-22-17-8-5-11-21-20(17)23-18-12-15(14-6-3-2-4-7-14)9-10-16(18)13-19(22)23/h2-12,19H,13H2,1H3. The first-order chi connectivity index (χ1) is 11.3. The fourth-order valence-electron chi connectivity index (χ4n) is 3.79. The van der Waals surface area contributed by atoms with Crippen molar-refractivity contribution in [2.45, 2.75) is 12.6 Å². The van der Waals surface area contributed by atoms with Crippen molar-refractivity contribution in [2.75, 3.05) is 16.8 Å². The lowest BCUT2D eigenvalue weighted by molar-refractivity contribution is 0.702. The lowest BCUT2D eigenvalue weighted by atomic mass is 10.0. The quantitative estimate of drug-likeness (QED) is 0.670. The second-order valence-electron chi connectivity index (χ2n) is 6.22. The van der Waals surface area contributed by atoms with Crippen molar-refractivity contribution in [3.8, 4) is 11.1 Å². The molecule has 3 heterocycles. The van der Waals surface area contributed by atoms with E-state index < -0.39 is 0 Å². The van der Waals surface area contributed by atoms with E-state index in [1.165, 1.54) is 28.1 Å². The minimum atomic E-state index is 0.348. The zero-order valence-electron chi connectivity index (χ0n) is 13.0. The number of fused-ring (bicyclic) bond motifs is 5. The molecule has 0 amide bonds. The summed E-state index contributed by atoms with van der Waals surface area (Å²) in [7, 11) is 2.16. The minimum absolute atomic E-state index is 0.348. The van der Waals surface area contributed by atoms with Crippen LogP contribution in [0.4, 0.5) is 17.2 Å². The van der Waals surface area contributed by atoms with E-state index in [9.17, 15) is 0 Å². The van der Waals surface area contributed by atoms with Crippen LogP contribution >= 0.6 is 0 Å². The summed E-state index contributed by atoms with van der Waals surface area (Å²) in [5, 5.41) is 0. The van der Waals surface area contributed by atoms with Gasteiger partial charge in [0.05, 0.1) is 5.69 Å². The molecule has 0 fully saturated rings. The SMILES string of the molecule is CN1c2cccnc2N2c3cc(-c4ccccc4)ccc3CC12. The topological polar surface area (TPSA) is 19.4 Å². The van der Waals surface area contributed by atoms with Gasteiger partial charge in [0.15, 0.2) is 5.82 Å². The molecule has 1 aromatic heterocycles. The van der Waals surface area contributed by atoms with E-state index in [0.29, 0.717) is 6.17 Å². The van der Waals surface area contributed by atoms with Gasteiger partial charge in [0.25, 0.3) is 0 Å². The highest BCUT2D eigenvalue weighted by molar-refractivity contribution is 5.86. The van der Waals surface area contributed by atoms with Crippen LogP contribution < -0.4 is 9.80 Å². The molecule has 0 N–H and O–H groups in total. The second-order valence-corrected chi connectivity index (χ2v) is 6.22. The van der Waals surface area contributed by atoms with Gasteiger partial charge in [-0.1, -0.05) is 42.5 Å². The van der Waals surface area contributed by atoms with Gasteiger partial charge in [-0.15, -0.1) is 0 Å². The molecule has 0 radical (unpaired) electrons. The maximum Gasteiger partial charge on any atom is 0.158 e. The predicted molar refractivity (Wildman–Crippen MR) is 94.1 cm³/mol. The Bertz CT molecular complexity index is 888. The van der Waals surface area contributed by atoms with Gasteiger partial charge in [-0.3, -0.25) is 0 Å². The number of hydrogen-bond acceptors (Lipinski definition) is 3. The first kappa shape index (κ1) is 12.7. The van der Waals surface area contributed by atoms with Gasteiger partial charge in [-0.25, -0.2) is 4.98 Å². The highest BCUT2D eigenvalue weighted by atomic mass is 15.4. The van der Waals surface area contributed by atoms with Crippen LogP contribution in [0.2, 0.25) is 0 Å². The maximum absolute atomic E-state index is 4.64. The Morgan fingerprint density at radius 1 is 0.913 bits per heavy atom. The summed E-state index contributed by atoms with van der Waals surface area (Å²) in [6, 6.07) is 21.5. The smallest absolute Gasteiger partial charge is 0.158 e. The van der Waals surface area contributed by atoms with Crippen LogP contribution in [0.25, 0.3) is 11.1 Å². The van der Waals surface area contributed by atoms with Gasteiger partial charge in [0.2, 0.25) is 0 Å². The highest BCUT2D eigenvalue weighted by Gasteiger charge is 2.41. The molecule has 2 aliphatic rings. The Labute approximate surface area is 135 Å². The Morgan fingerprint density at radius 2 is 1.78 bits per heavy atom. The lowest BCUT2D eigenvalue weighted by Gasteiger charge is -2.23. The zero-order chi connectivity index (χ0) is 15.4. The Hall–Kier alpha value is -2.81. The lowest BCUT2D eigenvalue weighted by Crippen LogP contribution is -2.36. The molecular formula is C20H17N3. The zero-order valence-corrected chi connectivity index (χ0v) is 13.0. The van der Waals surface area contributed by atoms with Crippen LogP contribution in [0.3, 0.4) is 0 Å². The summed E-state index contributed by atoms with van der Waals surface area (Å²) < 4.78 is 0. The fraction of sp³-hybridized carbons (Fsp3) is 0.150. The van der Waals surface area contributed by atoms with E-state index >= 15 is 0 Å². The van der Waals surface area contributed by atoms with Crippen molar-refractivity contribution in [3.05, 3.63) is 72.4 Å². The van der Waals surface area contributed by atoms with E-state index in [1.54, 1.807) is 0 Å². The predicted octanol–water partition coefficient (Wildman–Crippen LogP) is 4.22. The monoisotopic (exact) mass is 299 g/mol. The molecule has 23 heavy (non-hydrogen) atoms. The number of hydrogen-bond donors (Lipinski definition) is 0. The average molecular weight is 299 g/mol. The van der Waals surface area contributed by atoms with Gasteiger partial charge < -0.3 is 9.80 Å². The molecule has 2 aromatic carbocycles. The molecule has 0 aliphatic carbocycles. The first-order valence-electron chi connectivity index (χ1n) is 7.98. The summed E-state index contributed by atoms with van der Waals surface area (Å²) in [4.78, 5) is 9.36. The van der Waals surface area contributed by atoms with Crippen LogP contribution in [0.1, 0.15) is 5.56 Å². The van der Waals surface area contributed by atoms with Crippen LogP contribution in [0.15, 0.2) is 66.9 Å². The molecule has 0 saturated heterocycles. The van der Waals surface area contributed by atoms with Crippen molar-refractivity contribution in [3.63, 3.8) is 0 Å².